The van der Waals surface area contributed by atoms with Crippen molar-refractivity contribution >= 4 is 26.9 Å². The second kappa shape index (κ2) is 5.03. The quantitative estimate of drug-likeness (QED) is 0.850. The summed E-state index contributed by atoms with van der Waals surface area (Å²) < 4.78 is 6.69. The van der Waals surface area contributed by atoms with E-state index in [2.05, 4.69) is 44.9 Å². The van der Waals surface area contributed by atoms with E-state index in [1.807, 2.05) is 12.3 Å². The fourth-order valence-corrected chi connectivity index (χ4v) is 2.77. The first-order valence-corrected chi connectivity index (χ1v) is 7.08. The molecule has 0 bridgehead atoms. The van der Waals surface area contributed by atoms with Gasteiger partial charge >= 0.3 is 0 Å². The minimum Gasteiger partial charge on any atom is -0.464 e. The van der Waals surface area contributed by atoms with E-state index in [0.29, 0.717) is 0 Å². The van der Waals surface area contributed by atoms with Crippen molar-refractivity contribution in [2.24, 2.45) is 0 Å². The molecule has 0 atom stereocenters. The highest BCUT2D eigenvalue weighted by Gasteiger charge is 2.16. The predicted molar refractivity (Wildman–Crippen MR) is 76.7 cm³/mol. The molecule has 0 saturated carbocycles. The molecule has 3 nitrogen and oxygen atoms in total. The van der Waals surface area contributed by atoms with Crippen LogP contribution >= 0.6 is 15.9 Å². The summed E-state index contributed by atoms with van der Waals surface area (Å²) in [6.45, 7) is 5.57. The molecule has 96 valence electrons. The van der Waals surface area contributed by atoms with Crippen molar-refractivity contribution in [3.63, 3.8) is 0 Å². The van der Waals surface area contributed by atoms with Gasteiger partial charge in [-0.1, -0.05) is 15.9 Å². The number of furan rings is 1. The summed E-state index contributed by atoms with van der Waals surface area (Å²) in [6.07, 6.45) is 1.90. The summed E-state index contributed by atoms with van der Waals surface area (Å²) in [5.41, 5.74) is 2.26. The van der Waals surface area contributed by atoms with Crippen molar-refractivity contribution in [1.29, 1.82) is 0 Å². The van der Waals surface area contributed by atoms with Crippen molar-refractivity contribution in [3.8, 4) is 0 Å². The van der Waals surface area contributed by atoms with Gasteiger partial charge in [-0.25, -0.2) is 0 Å². The van der Waals surface area contributed by atoms with Crippen molar-refractivity contribution in [1.82, 2.24) is 9.80 Å². The SMILES string of the molecule is CN1CCN(Cc2coc3cc(Br)ccc23)CC1. The van der Waals surface area contributed by atoms with Gasteiger partial charge in [0.15, 0.2) is 0 Å². The van der Waals surface area contributed by atoms with E-state index >= 15 is 0 Å². The molecule has 1 aromatic carbocycles. The molecule has 0 aliphatic carbocycles. The van der Waals surface area contributed by atoms with Gasteiger partial charge in [-0.15, -0.1) is 0 Å². The zero-order valence-corrected chi connectivity index (χ0v) is 12.1. The molecule has 0 amide bonds. The third-order valence-electron chi connectivity index (χ3n) is 3.61. The van der Waals surface area contributed by atoms with Gasteiger partial charge < -0.3 is 9.32 Å². The Morgan fingerprint density at radius 1 is 1.22 bits per heavy atom. The lowest BCUT2D eigenvalue weighted by atomic mass is 10.1. The first-order valence-electron chi connectivity index (χ1n) is 6.29. The lowest BCUT2D eigenvalue weighted by Gasteiger charge is -2.32. The minimum atomic E-state index is 0.966. The number of hydrogen-bond donors (Lipinski definition) is 0. The fourth-order valence-electron chi connectivity index (χ4n) is 2.43. The topological polar surface area (TPSA) is 19.6 Å². The molecule has 0 spiro atoms. The van der Waals surface area contributed by atoms with Crippen LogP contribution in [0.3, 0.4) is 0 Å². The maximum atomic E-state index is 5.63. The molecule has 18 heavy (non-hydrogen) atoms. The van der Waals surface area contributed by atoms with E-state index in [9.17, 15) is 0 Å². The lowest BCUT2D eigenvalue weighted by Crippen LogP contribution is -2.43. The van der Waals surface area contributed by atoms with Crippen LogP contribution in [0.2, 0.25) is 0 Å². The Morgan fingerprint density at radius 3 is 2.78 bits per heavy atom. The van der Waals surface area contributed by atoms with Crippen LogP contribution in [0.25, 0.3) is 11.0 Å². The Hall–Kier alpha value is -0.840. The third kappa shape index (κ3) is 2.46. The highest BCUT2D eigenvalue weighted by molar-refractivity contribution is 9.10. The molecule has 1 aromatic heterocycles. The summed E-state index contributed by atoms with van der Waals surface area (Å²) in [5.74, 6) is 0. The number of nitrogens with zero attached hydrogens (tertiary/aromatic N) is 2. The summed E-state index contributed by atoms with van der Waals surface area (Å²) in [5, 5.41) is 1.23. The van der Waals surface area contributed by atoms with Gasteiger partial charge in [-0.3, -0.25) is 4.90 Å². The third-order valence-corrected chi connectivity index (χ3v) is 4.10. The molecule has 1 saturated heterocycles. The van der Waals surface area contributed by atoms with E-state index in [1.165, 1.54) is 10.9 Å². The van der Waals surface area contributed by atoms with Crippen molar-refractivity contribution in [3.05, 3.63) is 34.5 Å². The standard InChI is InChI=1S/C14H17BrN2O/c1-16-4-6-17(7-5-16)9-11-10-18-14-8-12(15)2-3-13(11)14/h2-3,8,10H,4-7,9H2,1H3. The highest BCUT2D eigenvalue weighted by Crippen LogP contribution is 2.25. The Labute approximate surface area is 115 Å². The highest BCUT2D eigenvalue weighted by atomic mass is 79.9. The second-order valence-electron chi connectivity index (χ2n) is 4.98. The van der Waals surface area contributed by atoms with E-state index in [1.54, 1.807) is 0 Å². The van der Waals surface area contributed by atoms with Gasteiger partial charge in [-0.2, -0.15) is 0 Å². The molecular formula is C14H17BrN2O. The fraction of sp³-hybridized carbons (Fsp3) is 0.429. The predicted octanol–water partition coefficient (Wildman–Crippen LogP) is 2.94. The maximum Gasteiger partial charge on any atom is 0.135 e. The van der Waals surface area contributed by atoms with Crippen LogP contribution < -0.4 is 0 Å². The average Bonchev–Trinajstić information content (AvgIpc) is 2.74. The van der Waals surface area contributed by atoms with E-state index in [4.69, 9.17) is 4.42 Å². The van der Waals surface area contributed by atoms with Crippen LogP contribution in [0, 0.1) is 0 Å². The summed E-state index contributed by atoms with van der Waals surface area (Å²) >= 11 is 3.47. The van der Waals surface area contributed by atoms with E-state index in [-0.39, 0.29) is 0 Å². The summed E-state index contributed by atoms with van der Waals surface area (Å²) in [4.78, 5) is 4.87. The number of rotatable bonds is 2. The molecular weight excluding hydrogens is 292 g/mol. The average molecular weight is 309 g/mol. The maximum absolute atomic E-state index is 5.63. The van der Waals surface area contributed by atoms with Crippen LogP contribution in [0.4, 0.5) is 0 Å². The Kier molecular flexibility index (Phi) is 3.41. The Bertz CT molecular complexity index is 544. The van der Waals surface area contributed by atoms with Gasteiger partial charge in [0.2, 0.25) is 0 Å². The van der Waals surface area contributed by atoms with Crippen LogP contribution in [-0.4, -0.2) is 43.0 Å². The van der Waals surface area contributed by atoms with Crippen LogP contribution in [-0.2, 0) is 6.54 Å². The second-order valence-corrected chi connectivity index (χ2v) is 5.90. The summed E-state index contributed by atoms with van der Waals surface area (Å²) in [7, 11) is 2.18. The first-order chi connectivity index (χ1) is 8.72. The lowest BCUT2D eigenvalue weighted by molar-refractivity contribution is 0.148. The number of fused-ring (bicyclic) bond motifs is 1. The molecule has 1 fully saturated rings. The van der Waals surface area contributed by atoms with Gasteiger partial charge in [-0.05, 0) is 25.2 Å². The molecule has 2 aromatic rings. The molecule has 0 N–H and O–H groups in total. The Balaban J connectivity index is 1.78. The number of halogens is 1. The summed E-state index contributed by atoms with van der Waals surface area (Å²) in [6, 6.07) is 6.24. The largest absolute Gasteiger partial charge is 0.464 e. The smallest absolute Gasteiger partial charge is 0.135 e. The molecule has 1 aliphatic heterocycles. The molecule has 0 radical (unpaired) electrons. The van der Waals surface area contributed by atoms with Crippen LogP contribution in [0.5, 0.6) is 0 Å². The normalized spacial score (nSPS) is 18.6. The van der Waals surface area contributed by atoms with Gasteiger partial charge in [0.05, 0.1) is 6.26 Å². The van der Waals surface area contributed by atoms with Crippen molar-refractivity contribution in [2.45, 2.75) is 6.54 Å². The Morgan fingerprint density at radius 2 is 2.00 bits per heavy atom. The number of likely N-dealkylation sites (N-methyl/N-ethyl adjacent to an activating group) is 1. The van der Waals surface area contributed by atoms with E-state index < -0.39 is 0 Å². The minimum absolute atomic E-state index is 0.966. The first kappa shape index (κ1) is 12.2. The van der Waals surface area contributed by atoms with Gasteiger partial charge in [0.1, 0.15) is 5.58 Å². The van der Waals surface area contributed by atoms with Crippen LogP contribution in [0.15, 0.2) is 33.4 Å². The van der Waals surface area contributed by atoms with Crippen LogP contribution in [0.1, 0.15) is 5.56 Å². The van der Waals surface area contributed by atoms with Crippen molar-refractivity contribution in [2.75, 3.05) is 33.2 Å². The number of benzene rings is 1. The number of piperazine rings is 1. The zero-order valence-electron chi connectivity index (χ0n) is 10.5. The van der Waals surface area contributed by atoms with E-state index in [0.717, 1.165) is 42.8 Å². The zero-order chi connectivity index (χ0) is 12.5. The number of hydrogen-bond acceptors (Lipinski definition) is 3. The monoisotopic (exact) mass is 308 g/mol. The van der Waals surface area contributed by atoms with Crippen molar-refractivity contribution < 1.29 is 4.42 Å². The molecule has 3 rings (SSSR count). The molecule has 2 heterocycles. The molecule has 1 aliphatic rings. The van der Waals surface area contributed by atoms with Gasteiger partial charge in [0, 0.05) is 48.1 Å². The molecule has 4 heteroatoms. The van der Waals surface area contributed by atoms with Gasteiger partial charge in [0.25, 0.3) is 0 Å². The molecule has 0 unspecified atom stereocenters.